The molecule has 2 aliphatic rings. The van der Waals surface area contributed by atoms with E-state index in [2.05, 4.69) is 102 Å². The summed E-state index contributed by atoms with van der Waals surface area (Å²) < 4.78 is 0. The third kappa shape index (κ3) is 6.80. The minimum atomic E-state index is -0.101. The van der Waals surface area contributed by atoms with Crippen LogP contribution in [0.15, 0.2) is 0 Å². The summed E-state index contributed by atoms with van der Waals surface area (Å²) in [6, 6.07) is 0. The van der Waals surface area contributed by atoms with E-state index in [-0.39, 0.29) is 25.0 Å². The van der Waals surface area contributed by atoms with Crippen LogP contribution >= 0.6 is 7.92 Å². The van der Waals surface area contributed by atoms with Gasteiger partial charge < -0.3 is 0 Å². The van der Waals surface area contributed by atoms with Crippen LogP contribution in [0.25, 0.3) is 0 Å². The Labute approximate surface area is 172 Å². The Kier molecular flexibility index (Phi) is 10.3. The summed E-state index contributed by atoms with van der Waals surface area (Å²) in [5, 5.41) is 0.782. The van der Waals surface area contributed by atoms with Crippen molar-refractivity contribution in [3.05, 3.63) is 60.9 Å². The molecule has 0 heterocycles. The maximum Gasteiger partial charge on any atom is 2.00 e. The molecule has 0 amide bonds. The van der Waals surface area contributed by atoms with Gasteiger partial charge in [-0.05, 0) is 65.6 Å². The van der Waals surface area contributed by atoms with Gasteiger partial charge in [0.2, 0.25) is 0 Å². The van der Waals surface area contributed by atoms with Crippen LogP contribution in [0, 0.1) is 60.9 Å². The Balaban J connectivity index is 0.000000465. The number of rotatable bonds is 1. The van der Waals surface area contributed by atoms with Crippen LogP contribution < -0.4 is 0 Å². The average Bonchev–Trinajstić information content (AvgIpc) is 2.98. The molecule has 2 heteroatoms. The van der Waals surface area contributed by atoms with Crippen molar-refractivity contribution in [1.29, 1.82) is 0 Å². The second kappa shape index (κ2) is 9.94. The van der Waals surface area contributed by atoms with Crippen LogP contribution in [-0.2, 0) is 17.1 Å². The van der Waals surface area contributed by atoms with Gasteiger partial charge in [0, 0.05) is 5.66 Å². The first kappa shape index (κ1) is 25.9. The van der Waals surface area contributed by atoms with Crippen LogP contribution in [0.2, 0.25) is 0 Å². The van der Waals surface area contributed by atoms with E-state index < -0.39 is 0 Å². The molecule has 2 saturated carbocycles. The minimum Gasteiger partial charge on any atom is -0.0877 e. The van der Waals surface area contributed by atoms with Crippen LogP contribution in [0.3, 0.4) is 0 Å². The SMILES string of the molecule is CC(C)(C)P([C]1[CH][CH][CH][CH]1)C(C)(C)C.C[C]1[C](C)[C](C)[C](C)[C]1C.[Fe+2]. The molecule has 25 heavy (non-hydrogen) atoms. The molecule has 0 unspecified atom stereocenters. The van der Waals surface area contributed by atoms with Crippen molar-refractivity contribution in [3.63, 3.8) is 0 Å². The van der Waals surface area contributed by atoms with Crippen molar-refractivity contribution < 1.29 is 17.1 Å². The smallest absolute Gasteiger partial charge is 0.0877 e. The molecule has 0 nitrogen and oxygen atoms in total. The Bertz CT molecular complexity index is 314. The third-order valence-electron chi connectivity index (χ3n) is 5.06. The summed E-state index contributed by atoms with van der Waals surface area (Å²) in [4.78, 5) is 0. The van der Waals surface area contributed by atoms with E-state index in [1.165, 1.54) is 29.6 Å². The quantitative estimate of drug-likeness (QED) is 0.318. The van der Waals surface area contributed by atoms with E-state index in [4.69, 9.17) is 0 Å². The normalized spacial score (nSPS) is 23.0. The van der Waals surface area contributed by atoms with Crippen LogP contribution in [-0.4, -0.2) is 10.3 Å². The van der Waals surface area contributed by atoms with Gasteiger partial charge in [-0.15, -0.1) is 0 Å². The zero-order chi connectivity index (χ0) is 18.9. The fourth-order valence-electron chi connectivity index (χ4n) is 3.70. The van der Waals surface area contributed by atoms with E-state index in [0.29, 0.717) is 10.3 Å². The molecule has 0 aromatic heterocycles. The molecule has 0 aromatic carbocycles. The van der Waals surface area contributed by atoms with E-state index in [0.717, 1.165) is 0 Å². The van der Waals surface area contributed by atoms with Gasteiger partial charge in [0.25, 0.3) is 0 Å². The maximum atomic E-state index is 2.36. The Morgan fingerprint density at radius 3 is 1.00 bits per heavy atom. The zero-order valence-corrected chi connectivity index (χ0v) is 20.1. The second-order valence-corrected chi connectivity index (χ2v) is 12.8. The monoisotopic (exact) mass is 400 g/mol. The predicted octanol–water partition coefficient (Wildman–Crippen LogP) is 7.40. The summed E-state index contributed by atoms with van der Waals surface area (Å²) in [6.07, 6.45) is 8.87. The van der Waals surface area contributed by atoms with Crippen LogP contribution in [0.4, 0.5) is 0 Å². The first-order valence-electron chi connectivity index (χ1n) is 9.00. The summed E-state index contributed by atoms with van der Waals surface area (Å²) in [7, 11) is -0.101. The van der Waals surface area contributed by atoms with E-state index >= 15 is 0 Å². The topological polar surface area (TPSA) is 0 Å². The molecule has 0 aromatic rings. The van der Waals surface area contributed by atoms with Crippen molar-refractivity contribution in [2.75, 3.05) is 0 Å². The molecule has 0 bridgehead atoms. The van der Waals surface area contributed by atoms with Gasteiger partial charge in [-0.3, -0.25) is 0 Å². The molecular weight excluding hydrogens is 363 g/mol. The molecule has 2 aliphatic carbocycles. The van der Waals surface area contributed by atoms with Crippen molar-refractivity contribution in [3.8, 4) is 0 Å². The summed E-state index contributed by atoms with van der Waals surface area (Å²) >= 11 is 0. The zero-order valence-electron chi connectivity index (χ0n) is 18.1. The standard InChI is InChI=1S/C13H22P.C10H15.Fe/c1-12(2,3)14(13(4,5)6)11-9-7-8-10-11;1-6-7(2)9(4)10(5)8(6)3;/h7-10H,1-6H3;1-5H3;/q;;+2. The summed E-state index contributed by atoms with van der Waals surface area (Å²) in [6.45, 7) is 25.1. The molecule has 0 spiro atoms. The molecule has 0 N–H and O–H groups in total. The van der Waals surface area contributed by atoms with E-state index in [1.807, 2.05) is 0 Å². The van der Waals surface area contributed by atoms with Gasteiger partial charge in [-0.25, -0.2) is 0 Å². The molecule has 0 saturated heterocycles. The van der Waals surface area contributed by atoms with Gasteiger partial charge >= 0.3 is 17.1 Å². The average molecular weight is 400 g/mol. The second-order valence-electron chi connectivity index (χ2n) is 8.95. The third-order valence-corrected chi connectivity index (χ3v) is 8.56. The predicted molar refractivity (Wildman–Crippen MR) is 111 cm³/mol. The molecule has 0 atom stereocenters. The maximum absolute atomic E-state index is 2.36. The molecule has 140 valence electrons. The molecular formula is C23H37FeP+2. The fraction of sp³-hybridized carbons (Fsp3) is 0.565. The van der Waals surface area contributed by atoms with Crippen molar-refractivity contribution in [2.24, 2.45) is 0 Å². The van der Waals surface area contributed by atoms with Gasteiger partial charge in [-0.2, -0.15) is 0 Å². The Hall–Kier alpha value is 0.949. The summed E-state index contributed by atoms with van der Waals surface area (Å²) in [5.74, 6) is 7.34. The van der Waals surface area contributed by atoms with Gasteiger partial charge in [0.05, 0.1) is 0 Å². The molecule has 2 fully saturated rings. The van der Waals surface area contributed by atoms with Gasteiger partial charge in [-0.1, -0.05) is 84.1 Å². The summed E-state index contributed by atoms with van der Waals surface area (Å²) in [5.41, 5.74) is 1.54. The number of hydrogen-bond acceptors (Lipinski definition) is 0. The van der Waals surface area contributed by atoms with E-state index in [9.17, 15) is 0 Å². The van der Waals surface area contributed by atoms with E-state index in [1.54, 1.807) is 5.66 Å². The van der Waals surface area contributed by atoms with Gasteiger partial charge in [0.1, 0.15) is 0 Å². The Morgan fingerprint density at radius 2 is 0.800 bits per heavy atom. The minimum absolute atomic E-state index is 0. The Morgan fingerprint density at radius 1 is 0.560 bits per heavy atom. The fourth-order valence-corrected chi connectivity index (χ4v) is 7.73. The largest absolute Gasteiger partial charge is 2.00 e. The molecule has 2 rings (SSSR count). The van der Waals surface area contributed by atoms with Crippen molar-refractivity contribution >= 4 is 7.92 Å². The number of hydrogen-bond donors (Lipinski definition) is 0. The van der Waals surface area contributed by atoms with Crippen molar-refractivity contribution in [2.45, 2.75) is 86.5 Å². The first-order chi connectivity index (χ1) is 10.8. The van der Waals surface area contributed by atoms with Crippen molar-refractivity contribution in [1.82, 2.24) is 0 Å². The van der Waals surface area contributed by atoms with Gasteiger partial charge in [0.15, 0.2) is 0 Å². The molecule has 10 radical (unpaired) electrons. The van der Waals surface area contributed by atoms with Crippen LogP contribution in [0.5, 0.6) is 0 Å². The first-order valence-corrected chi connectivity index (χ1v) is 10.3. The van der Waals surface area contributed by atoms with Crippen LogP contribution in [0.1, 0.15) is 76.2 Å². The molecule has 0 aliphatic heterocycles.